The number of nitrogens with zero attached hydrogens (tertiary/aromatic N) is 1. The fraction of sp³-hybridized carbons (Fsp3) is 0.179. The Morgan fingerprint density at radius 3 is 2.65 bits per heavy atom. The van der Waals surface area contributed by atoms with E-state index in [2.05, 4.69) is 6.07 Å². The number of halogens is 1. The minimum absolute atomic E-state index is 0.0638. The maximum Gasteiger partial charge on any atom is 0.227 e. The largest absolute Gasteiger partial charge is 0.487 e. The average Bonchev–Trinajstić information content (AvgIpc) is 3.27. The molecule has 0 unspecified atom stereocenters. The summed E-state index contributed by atoms with van der Waals surface area (Å²) in [7, 11) is 0. The molecule has 0 fully saturated rings. The quantitative estimate of drug-likeness (QED) is 0.337. The molecule has 0 saturated heterocycles. The van der Waals surface area contributed by atoms with Gasteiger partial charge in [0.2, 0.25) is 5.91 Å². The molecule has 5 nitrogen and oxygen atoms in total. The van der Waals surface area contributed by atoms with Crippen LogP contribution in [0.3, 0.4) is 0 Å². The van der Waals surface area contributed by atoms with Gasteiger partial charge in [0.25, 0.3) is 0 Å². The van der Waals surface area contributed by atoms with Crippen molar-refractivity contribution in [2.24, 2.45) is 0 Å². The number of fused-ring (bicyclic) bond motifs is 1. The van der Waals surface area contributed by atoms with Gasteiger partial charge >= 0.3 is 0 Å². The zero-order valence-electron chi connectivity index (χ0n) is 18.6. The first-order valence-corrected chi connectivity index (χ1v) is 11.6. The van der Waals surface area contributed by atoms with Gasteiger partial charge in [-0.3, -0.25) is 4.79 Å². The van der Waals surface area contributed by atoms with E-state index in [0.717, 1.165) is 28.0 Å². The summed E-state index contributed by atoms with van der Waals surface area (Å²) in [5.74, 6) is 2.05. The second-order valence-corrected chi connectivity index (χ2v) is 8.60. The molecule has 0 N–H and O–H groups in total. The van der Waals surface area contributed by atoms with Crippen molar-refractivity contribution in [1.29, 1.82) is 0 Å². The first-order valence-electron chi connectivity index (χ1n) is 11.2. The van der Waals surface area contributed by atoms with Gasteiger partial charge in [-0.05, 0) is 53.1 Å². The zero-order chi connectivity index (χ0) is 23.3. The van der Waals surface area contributed by atoms with Crippen LogP contribution in [0.1, 0.15) is 16.9 Å². The summed E-state index contributed by atoms with van der Waals surface area (Å²) in [6.45, 7) is 1.61. The molecule has 1 aliphatic heterocycles. The number of ether oxygens (including phenoxy) is 2. The van der Waals surface area contributed by atoms with Crippen molar-refractivity contribution < 1.29 is 18.7 Å². The molecule has 0 radical (unpaired) electrons. The van der Waals surface area contributed by atoms with Crippen molar-refractivity contribution in [2.75, 3.05) is 13.2 Å². The fourth-order valence-electron chi connectivity index (χ4n) is 4.06. The monoisotopic (exact) mass is 473 g/mol. The Hall–Kier alpha value is -3.70. The predicted molar refractivity (Wildman–Crippen MR) is 131 cm³/mol. The fourth-order valence-corrected chi connectivity index (χ4v) is 4.25. The van der Waals surface area contributed by atoms with Crippen molar-refractivity contribution in [3.8, 4) is 22.6 Å². The molecular weight excluding hydrogens is 450 g/mol. The predicted octanol–water partition coefficient (Wildman–Crippen LogP) is 6.14. The summed E-state index contributed by atoms with van der Waals surface area (Å²) in [6, 6.07) is 25.2. The number of hydrogen-bond donors (Lipinski definition) is 0. The number of carbonyl (C=O) groups is 1. The van der Waals surface area contributed by atoms with E-state index in [-0.39, 0.29) is 12.5 Å². The summed E-state index contributed by atoms with van der Waals surface area (Å²) in [4.78, 5) is 14.9. The Bertz CT molecular complexity index is 1270. The van der Waals surface area contributed by atoms with E-state index in [1.165, 1.54) is 0 Å². The summed E-state index contributed by atoms with van der Waals surface area (Å²) in [5, 5.41) is 0.654. The third kappa shape index (κ3) is 5.10. The Kier molecular flexibility index (Phi) is 6.54. The van der Waals surface area contributed by atoms with Crippen LogP contribution in [0, 0.1) is 0 Å². The van der Waals surface area contributed by atoms with Gasteiger partial charge in [0.15, 0.2) is 11.5 Å². The molecule has 0 bridgehead atoms. The lowest BCUT2D eigenvalue weighted by atomic mass is 10.0. The maximum absolute atomic E-state index is 13.1. The first kappa shape index (κ1) is 22.1. The van der Waals surface area contributed by atoms with Gasteiger partial charge < -0.3 is 18.8 Å². The van der Waals surface area contributed by atoms with Gasteiger partial charge in [-0.1, -0.05) is 54.1 Å². The number of amides is 1. The Balaban J connectivity index is 1.47. The molecule has 0 atom stereocenters. The van der Waals surface area contributed by atoms with Crippen molar-refractivity contribution in [2.45, 2.75) is 19.6 Å². The summed E-state index contributed by atoms with van der Waals surface area (Å²) >= 11 is 6.25. The molecule has 1 aliphatic rings. The van der Waals surface area contributed by atoms with Crippen LogP contribution >= 0.6 is 11.6 Å². The van der Waals surface area contributed by atoms with Gasteiger partial charge in [-0.25, -0.2) is 0 Å². The van der Waals surface area contributed by atoms with Crippen molar-refractivity contribution in [1.82, 2.24) is 4.90 Å². The standard InChI is InChI=1S/C28H24ClNO4/c29-24-9-4-8-21(16-24)22-15-23-18-30(27(31)14-20-6-2-1-3-7-20)11-13-33-28(23)26(17-22)34-19-25-10-5-12-32-25/h1-10,12,15-17H,11,13-14,18-19H2. The number of hydrogen-bond acceptors (Lipinski definition) is 4. The lowest BCUT2D eigenvalue weighted by molar-refractivity contribution is -0.131. The molecule has 0 spiro atoms. The highest BCUT2D eigenvalue weighted by atomic mass is 35.5. The lowest BCUT2D eigenvalue weighted by Gasteiger charge is -2.20. The Morgan fingerprint density at radius 2 is 1.85 bits per heavy atom. The maximum atomic E-state index is 13.1. The van der Waals surface area contributed by atoms with E-state index in [1.54, 1.807) is 6.26 Å². The van der Waals surface area contributed by atoms with E-state index in [1.807, 2.05) is 77.7 Å². The number of benzene rings is 3. The topological polar surface area (TPSA) is 51.9 Å². The molecule has 34 heavy (non-hydrogen) atoms. The van der Waals surface area contributed by atoms with Gasteiger partial charge in [0.1, 0.15) is 19.0 Å². The van der Waals surface area contributed by atoms with E-state index < -0.39 is 0 Å². The molecule has 4 aromatic rings. The normalized spacial score (nSPS) is 13.0. The highest BCUT2D eigenvalue weighted by Crippen LogP contribution is 2.39. The zero-order valence-corrected chi connectivity index (χ0v) is 19.3. The van der Waals surface area contributed by atoms with Crippen LogP contribution < -0.4 is 9.47 Å². The molecule has 172 valence electrons. The number of carbonyl (C=O) groups excluding carboxylic acids is 1. The van der Waals surface area contributed by atoms with E-state index >= 15 is 0 Å². The molecule has 1 aromatic heterocycles. The van der Waals surface area contributed by atoms with Crippen molar-refractivity contribution in [3.63, 3.8) is 0 Å². The SMILES string of the molecule is O=C(Cc1ccccc1)N1CCOc2c(cc(-c3cccc(Cl)c3)cc2OCc2ccco2)C1. The van der Waals surface area contributed by atoms with Crippen LogP contribution in [0.5, 0.6) is 11.5 Å². The molecule has 0 saturated carbocycles. The highest BCUT2D eigenvalue weighted by molar-refractivity contribution is 6.30. The number of furan rings is 1. The molecule has 1 amide bonds. The Labute approximate surface area is 203 Å². The van der Waals surface area contributed by atoms with Crippen LogP contribution in [0.2, 0.25) is 5.02 Å². The van der Waals surface area contributed by atoms with Crippen LogP contribution in [-0.2, 0) is 24.4 Å². The molecule has 5 rings (SSSR count). The molecule has 0 aliphatic carbocycles. The first-order chi connectivity index (χ1) is 16.7. The van der Waals surface area contributed by atoms with Crippen LogP contribution in [0.4, 0.5) is 0 Å². The third-order valence-electron chi connectivity index (χ3n) is 5.76. The molecule has 3 aromatic carbocycles. The molecule has 6 heteroatoms. The van der Waals surface area contributed by atoms with Gasteiger partial charge in [-0.15, -0.1) is 0 Å². The van der Waals surface area contributed by atoms with Crippen molar-refractivity contribution in [3.05, 3.63) is 107 Å². The van der Waals surface area contributed by atoms with Crippen LogP contribution in [0.25, 0.3) is 11.1 Å². The van der Waals surface area contributed by atoms with Gasteiger partial charge in [-0.2, -0.15) is 0 Å². The second kappa shape index (κ2) is 10.1. The summed E-state index contributed by atoms with van der Waals surface area (Å²) < 4.78 is 17.7. The Morgan fingerprint density at radius 1 is 0.971 bits per heavy atom. The summed E-state index contributed by atoms with van der Waals surface area (Å²) in [6.07, 6.45) is 1.97. The van der Waals surface area contributed by atoms with E-state index in [4.69, 9.17) is 25.5 Å². The molecule has 2 heterocycles. The molecular formula is C28H24ClNO4. The van der Waals surface area contributed by atoms with Crippen molar-refractivity contribution >= 4 is 17.5 Å². The highest BCUT2D eigenvalue weighted by Gasteiger charge is 2.24. The van der Waals surface area contributed by atoms with E-state index in [9.17, 15) is 4.79 Å². The lowest BCUT2D eigenvalue weighted by Crippen LogP contribution is -2.33. The van der Waals surface area contributed by atoms with Gasteiger partial charge in [0.05, 0.1) is 19.2 Å². The smallest absolute Gasteiger partial charge is 0.227 e. The second-order valence-electron chi connectivity index (χ2n) is 8.17. The van der Waals surface area contributed by atoms with Gasteiger partial charge in [0, 0.05) is 17.1 Å². The third-order valence-corrected chi connectivity index (χ3v) is 5.99. The minimum Gasteiger partial charge on any atom is -0.487 e. The van der Waals surface area contributed by atoms with E-state index in [0.29, 0.717) is 42.6 Å². The average molecular weight is 474 g/mol. The van der Waals surface area contributed by atoms with Crippen LogP contribution in [-0.4, -0.2) is 24.0 Å². The number of rotatable bonds is 6. The van der Waals surface area contributed by atoms with Crippen LogP contribution in [0.15, 0.2) is 89.5 Å². The summed E-state index contributed by atoms with van der Waals surface area (Å²) in [5.41, 5.74) is 3.79. The minimum atomic E-state index is 0.0638.